The molecule has 0 heterocycles. The van der Waals surface area contributed by atoms with Gasteiger partial charge < -0.3 is 10.4 Å². The van der Waals surface area contributed by atoms with E-state index < -0.39 is 11.9 Å². The Kier molecular flexibility index (Phi) is 6.16. The van der Waals surface area contributed by atoms with Gasteiger partial charge >= 0.3 is 0 Å². The molecule has 1 atom stereocenters. The van der Waals surface area contributed by atoms with Crippen LogP contribution < -0.4 is 5.32 Å². The van der Waals surface area contributed by atoms with Gasteiger partial charge in [0.15, 0.2) is 0 Å². The second-order valence-electron chi connectivity index (χ2n) is 4.78. The van der Waals surface area contributed by atoms with Crippen molar-refractivity contribution in [2.45, 2.75) is 12.5 Å². The molecule has 6 heteroatoms. The Hall–Kier alpha value is -1.18. The molecule has 2 aromatic carbocycles. The molecule has 0 saturated carbocycles. The van der Waals surface area contributed by atoms with Crippen LogP contribution >= 0.6 is 34.2 Å². The first-order valence-corrected chi connectivity index (χ1v) is 8.05. The summed E-state index contributed by atoms with van der Waals surface area (Å²) < 4.78 is 14.5. The van der Waals surface area contributed by atoms with E-state index in [-0.39, 0.29) is 24.0 Å². The minimum atomic E-state index is -0.665. The summed E-state index contributed by atoms with van der Waals surface area (Å²) in [6.45, 7) is -0.320. The molecular formula is C16H14ClFINO2. The molecule has 2 N–H and O–H groups in total. The second-order valence-corrected chi connectivity index (χ2v) is 6.44. The van der Waals surface area contributed by atoms with E-state index in [0.29, 0.717) is 5.56 Å². The predicted molar refractivity (Wildman–Crippen MR) is 92.2 cm³/mol. The monoisotopic (exact) mass is 433 g/mol. The fourth-order valence-electron chi connectivity index (χ4n) is 2.04. The van der Waals surface area contributed by atoms with E-state index in [1.54, 1.807) is 6.07 Å². The third-order valence-electron chi connectivity index (χ3n) is 3.12. The number of nitrogens with one attached hydrogen (secondary N) is 1. The summed E-state index contributed by atoms with van der Waals surface area (Å²) in [5, 5.41) is 12.1. The van der Waals surface area contributed by atoms with Crippen LogP contribution in [0.3, 0.4) is 0 Å². The second kappa shape index (κ2) is 7.89. The molecule has 0 aliphatic heterocycles. The molecule has 2 rings (SSSR count). The normalized spacial score (nSPS) is 12.0. The molecule has 0 radical (unpaired) electrons. The van der Waals surface area contributed by atoms with Crippen molar-refractivity contribution < 1.29 is 14.3 Å². The summed E-state index contributed by atoms with van der Waals surface area (Å²) in [4.78, 5) is 12.1. The van der Waals surface area contributed by atoms with E-state index in [1.165, 1.54) is 12.1 Å². The lowest BCUT2D eigenvalue weighted by Crippen LogP contribution is -2.32. The first-order chi connectivity index (χ1) is 10.5. The van der Waals surface area contributed by atoms with Gasteiger partial charge in [-0.1, -0.05) is 29.8 Å². The Balaban J connectivity index is 2.06. The Labute approximate surface area is 146 Å². The number of hydrogen-bond donors (Lipinski definition) is 2. The van der Waals surface area contributed by atoms with Gasteiger partial charge in [0.25, 0.3) is 0 Å². The molecule has 0 aliphatic rings. The molecule has 0 saturated heterocycles. The Bertz CT molecular complexity index is 681. The SMILES string of the molecule is O=C(Cc1cccc(I)c1)N[C@@H](CO)c1ccc(Cl)c(F)c1. The van der Waals surface area contributed by atoms with Crippen LogP contribution in [-0.2, 0) is 11.2 Å². The van der Waals surface area contributed by atoms with Gasteiger partial charge in [0, 0.05) is 3.57 Å². The summed E-state index contributed by atoms with van der Waals surface area (Å²) >= 11 is 7.81. The average Bonchev–Trinajstić information content (AvgIpc) is 2.48. The average molecular weight is 434 g/mol. The third-order valence-corrected chi connectivity index (χ3v) is 4.10. The number of benzene rings is 2. The minimum Gasteiger partial charge on any atom is -0.394 e. The van der Waals surface area contributed by atoms with Gasteiger partial charge in [-0.25, -0.2) is 4.39 Å². The fraction of sp³-hybridized carbons (Fsp3) is 0.188. The zero-order chi connectivity index (χ0) is 16.1. The van der Waals surface area contributed by atoms with Crippen LogP contribution in [-0.4, -0.2) is 17.6 Å². The van der Waals surface area contributed by atoms with E-state index in [2.05, 4.69) is 27.9 Å². The molecule has 0 fully saturated rings. The van der Waals surface area contributed by atoms with Crippen molar-refractivity contribution in [1.29, 1.82) is 0 Å². The highest BCUT2D eigenvalue weighted by Crippen LogP contribution is 2.20. The van der Waals surface area contributed by atoms with Gasteiger partial charge in [0.2, 0.25) is 5.91 Å². The van der Waals surface area contributed by atoms with Gasteiger partial charge in [0.1, 0.15) is 5.82 Å². The number of carbonyl (C=O) groups excluding carboxylic acids is 1. The van der Waals surface area contributed by atoms with E-state index in [0.717, 1.165) is 9.13 Å². The molecule has 2 aromatic rings. The maximum Gasteiger partial charge on any atom is 0.224 e. The van der Waals surface area contributed by atoms with E-state index in [9.17, 15) is 14.3 Å². The molecule has 0 unspecified atom stereocenters. The lowest BCUT2D eigenvalue weighted by molar-refractivity contribution is -0.121. The molecule has 22 heavy (non-hydrogen) atoms. The number of aliphatic hydroxyl groups excluding tert-OH is 1. The number of aliphatic hydroxyl groups is 1. The van der Waals surface area contributed by atoms with Crippen LogP contribution in [0.4, 0.5) is 4.39 Å². The molecule has 3 nitrogen and oxygen atoms in total. The first kappa shape index (κ1) is 17.2. The summed E-state index contributed by atoms with van der Waals surface area (Å²) in [5.74, 6) is -0.819. The molecule has 0 aromatic heterocycles. The van der Waals surface area contributed by atoms with Crippen LogP contribution in [0.2, 0.25) is 5.02 Å². The van der Waals surface area contributed by atoms with Gasteiger partial charge in [-0.05, 0) is 58.0 Å². The van der Waals surface area contributed by atoms with Crippen molar-refractivity contribution in [3.8, 4) is 0 Å². The Morgan fingerprint density at radius 1 is 1.32 bits per heavy atom. The maximum atomic E-state index is 13.5. The lowest BCUT2D eigenvalue weighted by atomic mass is 10.1. The zero-order valence-electron chi connectivity index (χ0n) is 11.5. The lowest BCUT2D eigenvalue weighted by Gasteiger charge is -2.17. The van der Waals surface area contributed by atoms with E-state index >= 15 is 0 Å². The first-order valence-electron chi connectivity index (χ1n) is 6.59. The molecule has 0 aliphatic carbocycles. The van der Waals surface area contributed by atoms with Gasteiger partial charge in [-0.2, -0.15) is 0 Å². The highest BCUT2D eigenvalue weighted by Gasteiger charge is 2.15. The van der Waals surface area contributed by atoms with Gasteiger partial charge in [-0.3, -0.25) is 4.79 Å². The Morgan fingerprint density at radius 3 is 2.73 bits per heavy atom. The van der Waals surface area contributed by atoms with Crippen LogP contribution in [0.25, 0.3) is 0 Å². The van der Waals surface area contributed by atoms with Crippen molar-refractivity contribution in [3.63, 3.8) is 0 Å². The number of rotatable bonds is 5. The molecule has 1 amide bonds. The van der Waals surface area contributed by atoms with Crippen molar-refractivity contribution in [2.24, 2.45) is 0 Å². The van der Waals surface area contributed by atoms with Crippen LogP contribution in [0.5, 0.6) is 0 Å². The molecular weight excluding hydrogens is 420 g/mol. The van der Waals surface area contributed by atoms with Crippen molar-refractivity contribution in [1.82, 2.24) is 5.32 Å². The van der Waals surface area contributed by atoms with Crippen LogP contribution in [0.1, 0.15) is 17.2 Å². The van der Waals surface area contributed by atoms with Gasteiger partial charge in [0.05, 0.1) is 24.1 Å². The third kappa shape index (κ3) is 4.66. The van der Waals surface area contributed by atoms with E-state index in [4.69, 9.17) is 11.6 Å². The number of carbonyl (C=O) groups is 1. The summed E-state index contributed by atoms with van der Waals surface area (Å²) in [5.41, 5.74) is 1.35. The standard InChI is InChI=1S/C16H14ClFINO2/c17-13-5-4-11(8-14(13)18)15(9-21)20-16(22)7-10-2-1-3-12(19)6-10/h1-6,8,15,21H,7,9H2,(H,20,22)/t15-/m0/s1. The van der Waals surface area contributed by atoms with Crippen LogP contribution in [0.15, 0.2) is 42.5 Å². The smallest absolute Gasteiger partial charge is 0.224 e. The topological polar surface area (TPSA) is 49.3 Å². The molecule has 116 valence electrons. The number of hydrogen-bond acceptors (Lipinski definition) is 2. The predicted octanol–water partition coefficient (Wildman–Crippen LogP) is 3.48. The number of amides is 1. The maximum absolute atomic E-state index is 13.5. The van der Waals surface area contributed by atoms with Crippen molar-refractivity contribution in [3.05, 3.63) is 68.0 Å². The van der Waals surface area contributed by atoms with Gasteiger partial charge in [-0.15, -0.1) is 0 Å². The van der Waals surface area contributed by atoms with Crippen molar-refractivity contribution >= 4 is 40.1 Å². The fourth-order valence-corrected chi connectivity index (χ4v) is 2.77. The molecule has 0 spiro atoms. The summed E-state index contributed by atoms with van der Waals surface area (Å²) in [7, 11) is 0. The summed E-state index contributed by atoms with van der Waals surface area (Å²) in [6.07, 6.45) is 0.198. The quantitative estimate of drug-likeness (QED) is 0.710. The van der Waals surface area contributed by atoms with Crippen molar-refractivity contribution in [2.75, 3.05) is 6.61 Å². The summed E-state index contributed by atoms with van der Waals surface area (Å²) in [6, 6.07) is 11.1. The van der Waals surface area contributed by atoms with Crippen LogP contribution in [0, 0.1) is 9.39 Å². The zero-order valence-corrected chi connectivity index (χ0v) is 14.4. The minimum absolute atomic E-state index is 0.00521. The highest BCUT2D eigenvalue weighted by molar-refractivity contribution is 14.1. The van der Waals surface area contributed by atoms with E-state index in [1.807, 2.05) is 24.3 Å². The largest absolute Gasteiger partial charge is 0.394 e. The molecule has 0 bridgehead atoms. The highest BCUT2D eigenvalue weighted by atomic mass is 127. The Morgan fingerprint density at radius 2 is 2.09 bits per heavy atom. The number of halogens is 3.